The number of aromatic nitrogens is 1. The number of anilines is 1. The molecule has 0 saturated carbocycles. The number of carbonyl (C=O) groups excluding carboxylic acids is 1. The van der Waals surface area contributed by atoms with Gasteiger partial charge in [0.25, 0.3) is 5.91 Å². The summed E-state index contributed by atoms with van der Waals surface area (Å²) in [4.78, 5) is 16.0. The number of rotatable bonds is 5. The smallest absolute Gasteiger partial charge is 0.257 e. The van der Waals surface area contributed by atoms with Crippen LogP contribution in [0.25, 0.3) is 0 Å². The fourth-order valence-electron chi connectivity index (χ4n) is 1.74. The zero-order valence-electron chi connectivity index (χ0n) is 11.7. The number of benzene rings is 1. The first-order valence-electron chi connectivity index (χ1n) is 6.37. The molecule has 0 saturated heterocycles. The van der Waals surface area contributed by atoms with E-state index in [4.69, 9.17) is 21.1 Å². The Morgan fingerprint density at radius 3 is 2.71 bits per heavy atom. The summed E-state index contributed by atoms with van der Waals surface area (Å²) in [5.41, 5.74) is 1.03. The lowest BCUT2D eigenvalue weighted by Crippen LogP contribution is -2.12. The maximum Gasteiger partial charge on any atom is 0.257 e. The Morgan fingerprint density at radius 1 is 1.29 bits per heavy atom. The molecule has 1 amide bonds. The van der Waals surface area contributed by atoms with Crippen molar-refractivity contribution in [3.05, 3.63) is 47.2 Å². The van der Waals surface area contributed by atoms with Crippen LogP contribution >= 0.6 is 11.6 Å². The molecule has 21 heavy (non-hydrogen) atoms. The van der Waals surface area contributed by atoms with Crippen LogP contribution in [-0.2, 0) is 0 Å². The fourth-order valence-corrected chi connectivity index (χ4v) is 1.85. The first kappa shape index (κ1) is 15.1. The summed E-state index contributed by atoms with van der Waals surface area (Å²) in [6.45, 7) is 2.39. The monoisotopic (exact) mass is 306 g/mol. The van der Waals surface area contributed by atoms with Gasteiger partial charge in [0.05, 0.1) is 19.3 Å². The van der Waals surface area contributed by atoms with Crippen LogP contribution in [0, 0.1) is 0 Å². The van der Waals surface area contributed by atoms with Crippen molar-refractivity contribution in [1.82, 2.24) is 4.98 Å². The van der Waals surface area contributed by atoms with Gasteiger partial charge in [0.1, 0.15) is 5.15 Å². The highest BCUT2D eigenvalue weighted by atomic mass is 35.5. The lowest BCUT2D eigenvalue weighted by atomic mass is 10.2. The third-order valence-corrected chi connectivity index (χ3v) is 2.93. The zero-order chi connectivity index (χ0) is 15.2. The van der Waals surface area contributed by atoms with Crippen molar-refractivity contribution in [2.45, 2.75) is 6.92 Å². The van der Waals surface area contributed by atoms with E-state index in [9.17, 15) is 4.79 Å². The standard InChI is InChI=1S/C15H15ClN2O3/c1-3-21-13-8-11(5-6-12(13)20-2)18-15(19)10-4-7-14(16)17-9-10/h4-9H,3H2,1-2H3,(H,18,19). The van der Waals surface area contributed by atoms with E-state index in [0.717, 1.165) is 0 Å². The van der Waals surface area contributed by atoms with Gasteiger partial charge in [0, 0.05) is 18.0 Å². The van der Waals surface area contributed by atoms with Crippen molar-refractivity contribution < 1.29 is 14.3 Å². The highest BCUT2D eigenvalue weighted by Gasteiger charge is 2.10. The quantitative estimate of drug-likeness (QED) is 0.860. The minimum Gasteiger partial charge on any atom is -0.493 e. The average Bonchev–Trinajstić information content (AvgIpc) is 2.48. The van der Waals surface area contributed by atoms with Crippen molar-refractivity contribution in [2.75, 3.05) is 19.0 Å². The number of hydrogen-bond acceptors (Lipinski definition) is 4. The molecule has 0 fully saturated rings. The predicted molar refractivity (Wildman–Crippen MR) is 81.4 cm³/mol. The van der Waals surface area contributed by atoms with Gasteiger partial charge in [-0.25, -0.2) is 4.98 Å². The summed E-state index contributed by atoms with van der Waals surface area (Å²) in [6, 6.07) is 8.36. The zero-order valence-corrected chi connectivity index (χ0v) is 12.5. The summed E-state index contributed by atoms with van der Waals surface area (Å²) in [5, 5.41) is 3.11. The first-order valence-corrected chi connectivity index (χ1v) is 6.75. The minimum absolute atomic E-state index is 0.271. The molecule has 1 aromatic carbocycles. The van der Waals surface area contributed by atoms with Gasteiger partial charge in [0.2, 0.25) is 0 Å². The molecule has 0 radical (unpaired) electrons. The van der Waals surface area contributed by atoms with Crippen LogP contribution in [0.15, 0.2) is 36.5 Å². The SMILES string of the molecule is CCOc1cc(NC(=O)c2ccc(Cl)nc2)ccc1OC. The summed E-state index contributed by atoms with van der Waals surface area (Å²) < 4.78 is 10.7. The molecule has 110 valence electrons. The van der Waals surface area contributed by atoms with Gasteiger partial charge < -0.3 is 14.8 Å². The molecule has 0 spiro atoms. The summed E-state index contributed by atoms with van der Waals surface area (Å²) in [7, 11) is 1.56. The topological polar surface area (TPSA) is 60.5 Å². The maximum absolute atomic E-state index is 12.1. The number of carbonyl (C=O) groups is 1. The van der Waals surface area contributed by atoms with Crippen molar-refractivity contribution in [2.24, 2.45) is 0 Å². The van der Waals surface area contributed by atoms with E-state index in [1.54, 1.807) is 37.4 Å². The number of halogens is 1. The first-order chi connectivity index (χ1) is 10.1. The molecule has 0 aliphatic carbocycles. The molecule has 0 unspecified atom stereocenters. The molecule has 1 N–H and O–H groups in total. The van der Waals surface area contributed by atoms with Crippen molar-refractivity contribution in [3.8, 4) is 11.5 Å². The van der Waals surface area contributed by atoms with Gasteiger partial charge >= 0.3 is 0 Å². The summed E-state index contributed by atoms with van der Waals surface area (Å²) in [6.07, 6.45) is 1.42. The van der Waals surface area contributed by atoms with Crippen molar-refractivity contribution >= 4 is 23.2 Å². The normalized spacial score (nSPS) is 10.0. The van der Waals surface area contributed by atoms with E-state index in [0.29, 0.717) is 34.5 Å². The Bertz CT molecular complexity index is 629. The van der Waals surface area contributed by atoms with Gasteiger partial charge in [-0.3, -0.25) is 4.79 Å². The Morgan fingerprint density at radius 2 is 2.10 bits per heavy atom. The number of nitrogens with one attached hydrogen (secondary N) is 1. The number of pyridine rings is 1. The molecule has 0 aliphatic heterocycles. The highest BCUT2D eigenvalue weighted by molar-refractivity contribution is 6.29. The van der Waals surface area contributed by atoms with Crippen LogP contribution in [0.1, 0.15) is 17.3 Å². The molecule has 0 atom stereocenters. The molecule has 2 rings (SSSR count). The van der Waals surface area contributed by atoms with Crippen LogP contribution in [0.3, 0.4) is 0 Å². The van der Waals surface area contributed by atoms with Crippen LogP contribution in [-0.4, -0.2) is 24.6 Å². The van der Waals surface area contributed by atoms with Crippen LogP contribution in [0.5, 0.6) is 11.5 Å². The van der Waals surface area contributed by atoms with Gasteiger partial charge in [-0.15, -0.1) is 0 Å². The Hall–Kier alpha value is -2.27. The molecule has 6 heteroatoms. The Balaban J connectivity index is 2.17. The third-order valence-electron chi connectivity index (χ3n) is 2.71. The number of hydrogen-bond donors (Lipinski definition) is 1. The lowest BCUT2D eigenvalue weighted by Gasteiger charge is -2.11. The van der Waals surface area contributed by atoms with E-state index in [1.165, 1.54) is 6.20 Å². The van der Waals surface area contributed by atoms with Crippen molar-refractivity contribution in [3.63, 3.8) is 0 Å². The second-order valence-electron chi connectivity index (χ2n) is 4.12. The van der Waals surface area contributed by atoms with Gasteiger partial charge in [-0.05, 0) is 31.2 Å². The van der Waals surface area contributed by atoms with Crippen LogP contribution in [0.2, 0.25) is 5.15 Å². The number of nitrogens with zero attached hydrogens (tertiary/aromatic N) is 1. The molecular formula is C15H15ClN2O3. The molecule has 2 aromatic rings. The Labute approximate surface area is 127 Å². The largest absolute Gasteiger partial charge is 0.493 e. The van der Waals surface area contributed by atoms with Crippen molar-refractivity contribution in [1.29, 1.82) is 0 Å². The fraction of sp³-hybridized carbons (Fsp3) is 0.200. The van der Waals surface area contributed by atoms with E-state index in [1.807, 2.05) is 6.92 Å². The lowest BCUT2D eigenvalue weighted by molar-refractivity contribution is 0.102. The van der Waals surface area contributed by atoms with Gasteiger partial charge in [-0.2, -0.15) is 0 Å². The molecule has 1 aromatic heterocycles. The average molecular weight is 307 g/mol. The second-order valence-corrected chi connectivity index (χ2v) is 4.51. The van der Waals surface area contributed by atoms with Crippen LogP contribution < -0.4 is 14.8 Å². The third kappa shape index (κ3) is 3.86. The molecule has 5 nitrogen and oxygen atoms in total. The van der Waals surface area contributed by atoms with Gasteiger partial charge in [0.15, 0.2) is 11.5 Å². The second kappa shape index (κ2) is 6.95. The molecule has 0 bridgehead atoms. The van der Waals surface area contributed by atoms with E-state index in [-0.39, 0.29) is 5.91 Å². The molecular weight excluding hydrogens is 292 g/mol. The van der Waals surface area contributed by atoms with Crippen LogP contribution in [0.4, 0.5) is 5.69 Å². The Kier molecular flexibility index (Phi) is 5.00. The van der Waals surface area contributed by atoms with E-state index < -0.39 is 0 Å². The molecule has 1 heterocycles. The summed E-state index contributed by atoms with van der Waals surface area (Å²) >= 11 is 5.69. The molecule has 0 aliphatic rings. The number of ether oxygens (including phenoxy) is 2. The highest BCUT2D eigenvalue weighted by Crippen LogP contribution is 2.30. The predicted octanol–water partition coefficient (Wildman–Crippen LogP) is 3.39. The number of amides is 1. The maximum atomic E-state index is 12.1. The summed E-state index contributed by atoms with van der Waals surface area (Å²) in [5.74, 6) is 0.918. The van der Waals surface area contributed by atoms with E-state index >= 15 is 0 Å². The number of methoxy groups -OCH3 is 1. The minimum atomic E-state index is -0.271. The van der Waals surface area contributed by atoms with Gasteiger partial charge in [-0.1, -0.05) is 11.6 Å². The van der Waals surface area contributed by atoms with E-state index in [2.05, 4.69) is 10.3 Å².